The van der Waals surface area contributed by atoms with E-state index in [2.05, 4.69) is 21.6 Å². The first-order valence-corrected chi connectivity index (χ1v) is 13.7. The van der Waals surface area contributed by atoms with Crippen molar-refractivity contribution in [3.8, 4) is 28.6 Å². The highest BCUT2D eigenvalue weighted by atomic mass is 19.1. The van der Waals surface area contributed by atoms with Gasteiger partial charge < -0.3 is 19.6 Å². The van der Waals surface area contributed by atoms with Crippen LogP contribution < -0.4 is 4.74 Å². The van der Waals surface area contributed by atoms with E-state index in [1.165, 1.54) is 35.1 Å². The summed E-state index contributed by atoms with van der Waals surface area (Å²) in [5.41, 5.74) is 1.16. The summed E-state index contributed by atoms with van der Waals surface area (Å²) < 4.78 is 57.3. The molecule has 43 heavy (non-hydrogen) atoms. The maximum absolute atomic E-state index is 15.5. The highest BCUT2D eigenvalue weighted by Gasteiger charge is 2.24. The van der Waals surface area contributed by atoms with Crippen LogP contribution in [0, 0.1) is 17.5 Å². The van der Waals surface area contributed by atoms with Crippen molar-refractivity contribution in [2.45, 2.75) is 39.2 Å². The number of halogens is 3. The quantitative estimate of drug-likeness (QED) is 0.125. The van der Waals surface area contributed by atoms with Crippen molar-refractivity contribution >= 4 is 16.9 Å². The Labute approximate surface area is 245 Å². The second-order valence-electron chi connectivity index (χ2n) is 9.83. The van der Waals surface area contributed by atoms with Crippen molar-refractivity contribution < 1.29 is 32.5 Å². The number of aryl methyl sites for hydroxylation is 1. The van der Waals surface area contributed by atoms with Crippen LogP contribution in [0.2, 0.25) is 0 Å². The minimum Gasteiger partial charge on any atom is -0.507 e. The van der Waals surface area contributed by atoms with Gasteiger partial charge in [-0.1, -0.05) is 31.2 Å². The van der Waals surface area contributed by atoms with Crippen LogP contribution in [-0.2, 0) is 22.5 Å². The fraction of sp³-hybridized carbons (Fsp3) is 0.219. The predicted octanol–water partition coefficient (Wildman–Crippen LogP) is 7.18. The number of aromatic hydroxyl groups is 1. The molecule has 3 aromatic carbocycles. The van der Waals surface area contributed by atoms with Crippen molar-refractivity contribution in [2.24, 2.45) is 0 Å². The largest absolute Gasteiger partial charge is 0.507 e. The molecule has 0 aliphatic heterocycles. The molecule has 2 heterocycles. The summed E-state index contributed by atoms with van der Waals surface area (Å²) in [6, 6.07) is 11.6. The van der Waals surface area contributed by atoms with Crippen molar-refractivity contribution in [1.82, 2.24) is 19.7 Å². The molecule has 0 aliphatic carbocycles. The van der Waals surface area contributed by atoms with Gasteiger partial charge in [-0.05, 0) is 48.7 Å². The number of hydrogen-bond acceptors (Lipinski definition) is 6. The van der Waals surface area contributed by atoms with E-state index in [9.17, 15) is 14.3 Å². The van der Waals surface area contributed by atoms with Gasteiger partial charge in [-0.15, -0.1) is 6.58 Å². The van der Waals surface area contributed by atoms with Gasteiger partial charge in [0.1, 0.15) is 17.3 Å². The van der Waals surface area contributed by atoms with E-state index < -0.39 is 35.1 Å². The Hall–Kier alpha value is -5.06. The van der Waals surface area contributed by atoms with E-state index in [1.54, 1.807) is 38.1 Å². The van der Waals surface area contributed by atoms with Gasteiger partial charge in [0.2, 0.25) is 0 Å². The summed E-state index contributed by atoms with van der Waals surface area (Å²) in [6.07, 6.45) is 3.29. The minimum atomic E-state index is -0.903. The van der Waals surface area contributed by atoms with Crippen LogP contribution in [0.5, 0.6) is 17.2 Å². The van der Waals surface area contributed by atoms with Crippen LogP contribution in [0.3, 0.4) is 0 Å². The van der Waals surface area contributed by atoms with Crippen LogP contribution in [0.15, 0.2) is 67.4 Å². The van der Waals surface area contributed by atoms with E-state index in [-0.39, 0.29) is 65.6 Å². The standard InChI is InChI=1S/C32H29F3N4O4/c1-4-15-39-32(37-31(38-39)18(3)21-8-6-7-19(28(21)34)9-12-27(41)42-5-2)23-16-20(10-11-26(23)40)43-30-24(33)17-25-22(29(30)35)13-14-36-25/h4,6-8,10-11,13-14,16-18,36,40H,1,5,9,12,15H2,2-3H3. The molecule has 222 valence electrons. The smallest absolute Gasteiger partial charge is 0.306 e. The Morgan fingerprint density at radius 1 is 1.16 bits per heavy atom. The van der Waals surface area contributed by atoms with Gasteiger partial charge in [-0.25, -0.2) is 22.8 Å². The summed E-state index contributed by atoms with van der Waals surface area (Å²) in [5, 5.41) is 15.5. The van der Waals surface area contributed by atoms with Gasteiger partial charge in [0, 0.05) is 30.0 Å². The molecule has 0 fully saturated rings. The normalized spacial score (nSPS) is 11.9. The molecule has 2 N–H and O–H groups in total. The number of phenolic OH excluding ortho intramolecular Hbond substituents is 1. The molecule has 0 radical (unpaired) electrons. The van der Waals surface area contributed by atoms with Gasteiger partial charge in [0.25, 0.3) is 0 Å². The van der Waals surface area contributed by atoms with Crippen LogP contribution in [0.1, 0.15) is 43.1 Å². The maximum atomic E-state index is 15.5. The predicted molar refractivity (Wildman–Crippen MR) is 154 cm³/mol. The fourth-order valence-electron chi connectivity index (χ4n) is 4.81. The number of aromatic amines is 1. The number of carbonyl (C=O) groups excluding carboxylic acids is 1. The summed E-state index contributed by atoms with van der Waals surface area (Å²) in [4.78, 5) is 19.2. The first kappa shape index (κ1) is 29.4. The average molecular weight is 591 g/mol. The zero-order valence-corrected chi connectivity index (χ0v) is 23.5. The lowest BCUT2D eigenvalue weighted by Crippen LogP contribution is -2.08. The summed E-state index contributed by atoms with van der Waals surface area (Å²) in [6.45, 7) is 7.66. The lowest BCUT2D eigenvalue weighted by molar-refractivity contribution is -0.143. The van der Waals surface area contributed by atoms with Crippen molar-refractivity contribution in [3.63, 3.8) is 0 Å². The molecular weight excluding hydrogens is 561 g/mol. The Bertz CT molecular complexity index is 1810. The number of benzene rings is 3. The third-order valence-corrected chi connectivity index (χ3v) is 6.99. The topological polar surface area (TPSA) is 102 Å². The molecule has 0 saturated heterocycles. The molecular formula is C32H29F3N4O4. The molecule has 1 unspecified atom stereocenters. The van der Waals surface area contributed by atoms with Crippen LogP contribution >= 0.6 is 0 Å². The second-order valence-corrected chi connectivity index (χ2v) is 9.83. The van der Waals surface area contributed by atoms with Crippen LogP contribution in [-0.4, -0.2) is 37.4 Å². The van der Waals surface area contributed by atoms with Gasteiger partial charge in [-0.2, -0.15) is 5.10 Å². The second kappa shape index (κ2) is 12.4. The number of carbonyl (C=O) groups is 1. The average Bonchev–Trinajstić information content (AvgIpc) is 3.63. The zero-order chi connectivity index (χ0) is 30.7. The summed E-state index contributed by atoms with van der Waals surface area (Å²) >= 11 is 0. The number of rotatable bonds is 11. The fourth-order valence-corrected chi connectivity index (χ4v) is 4.81. The van der Waals surface area contributed by atoms with E-state index in [4.69, 9.17) is 9.47 Å². The van der Waals surface area contributed by atoms with Gasteiger partial charge >= 0.3 is 5.97 Å². The molecule has 11 heteroatoms. The number of hydrogen-bond donors (Lipinski definition) is 2. The highest BCUT2D eigenvalue weighted by Crippen LogP contribution is 2.38. The number of nitrogens with zero attached hydrogens (tertiary/aromatic N) is 3. The molecule has 2 aromatic heterocycles. The Morgan fingerprint density at radius 2 is 1.98 bits per heavy atom. The number of phenols is 1. The van der Waals surface area contributed by atoms with Gasteiger partial charge in [0.05, 0.1) is 24.2 Å². The van der Waals surface area contributed by atoms with Crippen molar-refractivity contribution in [1.29, 1.82) is 0 Å². The third kappa shape index (κ3) is 5.97. The number of H-pyrrole nitrogens is 1. The zero-order valence-electron chi connectivity index (χ0n) is 23.5. The molecule has 5 aromatic rings. The number of ether oxygens (including phenoxy) is 2. The SMILES string of the molecule is C=CCn1nc(C(C)c2cccc(CCC(=O)OCC)c2F)nc1-c1cc(Oc2c(F)cc3[nH]ccc3c2F)ccc1O. The number of allylic oxidation sites excluding steroid dienone is 1. The molecule has 8 nitrogen and oxygen atoms in total. The van der Waals surface area contributed by atoms with Crippen molar-refractivity contribution in [3.05, 3.63) is 102 Å². The van der Waals surface area contributed by atoms with Crippen LogP contribution in [0.4, 0.5) is 13.2 Å². The van der Waals surface area contributed by atoms with Gasteiger partial charge in [0.15, 0.2) is 29.0 Å². The van der Waals surface area contributed by atoms with E-state index in [1.807, 2.05) is 0 Å². The number of nitrogens with one attached hydrogen (secondary N) is 1. The number of esters is 1. The lowest BCUT2D eigenvalue weighted by Gasteiger charge is -2.12. The first-order valence-electron chi connectivity index (χ1n) is 13.7. The molecule has 5 rings (SSSR count). The van der Waals surface area contributed by atoms with E-state index in [0.29, 0.717) is 11.1 Å². The van der Waals surface area contributed by atoms with Crippen molar-refractivity contribution in [2.75, 3.05) is 6.61 Å². The monoisotopic (exact) mass is 590 g/mol. The molecule has 0 spiro atoms. The molecule has 1 atom stereocenters. The van der Waals surface area contributed by atoms with Crippen LogP contribution in [0.25, 0.3) is 22.3 Å². The number of fused-ring (bicyclic) bond motifs is 1. The number of aromatic nitrogens is 4. The minimum absolute atomic E-state index is 0.0450. The van der Waals surface area contributed by atoms with E-state index >= 15 is 8.78 Å². The summed E-state index contributed by atoms with van der Waals surface area (Å²) in [5.74, 6) is -3.51. The first-order chi connectivity index (χ1) is 20.7. The summed E-state index contributed by atoms with van der Waals surface area (Å²) in [7, 11) is 0. The highest BCUT2D eigenvalue weighted by molar-refractivity contribution is 5.82. The van der Waals surface area contributed by atoms with Gasteiger partial charge in [-0.3, -0.25) is 4.79 Å². The molecule has 0 bridgehead atoms. The maximum Gasteiger partial charge on any atom is 0.306 e. The molecule has 0 aliphatic rings. The molecule has 0 saturated carbocycles. The molecule has 0 amide bonds. The van der Waals surface area contributed by atoms with E-state index in [0.717, 1.165) is 6.07 Å². The lowest BCUT2D eigenvalue weighted by atomic mass is 9.96. The Balaban J connectivity index is 1.48. The Morgan fingerprint density at radius 3 is 2.74 bits per heavy atom. The third-order valence-electron chi connectivity index (χ3n) is 6.99. The Kier molecular flexibility index (Phi) is 8.51.